The molecule has 1 aliphatic rings. The highest BCUT2D eigenvalue weighted by atomic mass is 127. The fourth-order valence-corrected chi connectivity index (χ4v) is 3.07. The van der Waals surface area contributed by atoms with Gasteiger partial charge in [-0.05, 0) is 29.8 Å². The van der Waals surface area contributed by atoms with Crippen LogP contribution in [0.1, 0.15) is 11.3 Å². The van der Waals surface area contributed by atoms with Crippen molar-refractivity contribution in [1.82, 2.24) is 0 Å². The quantitative estimate of drug-likeness (QED) is 0.231. The zero-order valence-electron chi connectivity index (χ0n) is 16.6. The number of hydrogen-bond donors (Lipinski definition) is 4. The Labute approximate surface area is 192 Å². The van der Waals surface area contributed by atoms with E-state index in [1.54, 1.807) is 18.2 Å². The molecule has 1 fully saturated rings. The molecule has 1 saturated heterocycles. The van der Waals surface area contributed by atoms with Gasteiger partial charge in [-0.15, -0.1) is 0 Å². The van der Waals surface area contributed by atoms with Crippen molar-refractivity contribution in [3.8, 4) is 11.5 Å². The maximum atomic E-state index is 10.1. The molecule has 5 atom stereocenters. The van der Waals surface area contributed by atoms with E-state index >= 15 is 0 Å². The van der Waals surface area contributed by atoms with Crippen LogP contribution < -0.4 is 38.0 Å². The Bertz CT molecular complexity index is 861. The van der Waals surface area contributed by atoms with Crippen molar-refractivity contribution >= 4 is 12.2 Å². The number of aliphatic hydroxyl groups is 4. The molecule has 1 aromatic carbocycles. The number of benzene rings is 1. The van der Waals surface area contributed by atoms with Gasteiger partial charge in [0.05, 0.1) is 13.7 Å². The van der Waals surface area contributed by atoms with E-state index in [1.807, 2.05) is 48.2 Å². The van der Waals surface area contributed by atoms with E-state index in [0.717, 1.165) is 11.3 Å². The van der Waals surface area contributed by atoms with Crippen molar-refractivity contribution in [1.29, 1.82) is 0 Å². The molecular weight excluding hydrogens is 505 g/mol. The number of aryl methyl sites for hydroxylation is 1. The van der Waals surface area contributed by atoms with Gasteiger partial charge in [-0.3, -0.25) is 0 Å². The molecule has 8 nitrogen and oxygen atoms in total. The Morgan fingerprint density at radius 3 is 2.47 bits per heavy atom. The number of halogens is 1. The molecule has 0 saturated carbocycles. The van der Waals surface area contributed by atoms with Gasteiger partial charge >= 0.3 is 0 Å². The van der Waals surface area contributed by atoms with Crippen molar-refractivity contribution in [2.45, 2.75) is 30.7 Å². The summed E-state index contributed by atoms with van der Waals surface area (Å²) in [5.74, 6) is 0.695. The number of aliphatic hydroxyl groups excluding tert-OH is 4. The Morgan fingerprint density at radius 2 is 1.80 bits per heavy atom. The van der Waals surface area contributed by atoms with Gasteiger partial charge in [-0.2, -0.15) is 0 Å². The minimum atomic E-state index is -1.51. The lowest BCUT2D eigenvalue weighted by Gasteiger charge is -2.39. The number of ether oxygens (including phenoxy) is 3. The summed E-state index contributed by atoms with van der Waals surface area (Å²) in [5.41, 5.74) is 1.89. The molecule has 4 N–H and O–H groups in total. The maximum Gasteiger partial charge on any atom is 0.229 e. The van der Waals surface area contributed by atoms with Crippen LogP contribution in [0.4, 0.5) is 0 Å². The Morgan fingerprint density at radius 1 is 1.03 bits per heavy atom. The number of rotatable bonds is 6. The van der Waals surface area contributed by atoms with E-state index in [2.05, 4.69) is 0 Å². The normalized spacial score (nSPS) is 26.3. The van der Waals surface area contributed by atoms with Crippen LogP contribution in [0.15, 0.2) is 42.6 Å². The molecule has 0 aliphatic carbocycles. The predicted octanol–water partition coefficient (Wildman–Crippen LogP) is -3.13. The molecule has 9 heteroatoms. The third-order valence-electron chi connectivity index (χ3n) is 4.82. The summed E-state index contributed by atoms with van der Waals surface area (Å²) in [6, 6.07) is 11.1. The first-order chi connectivity index (χ1) is 13.9. The van der Waals surface area contributed by atoms with E-state index in [-0.39, 0.29) is 24.0 Å². The van der Waals surface area contributed by atoms with E-state index in [4.69, 9.17) is 14.2 Å². The molecule has 164 valence electrons. The summed E-state index contributed by atoms with van der Waals surface area (Å²) < 4.78 is 18.4. The second-order valence-corrected chi connectivity index (χ2v) is 6.80. The first-order valence-electron chi connectivity index (χ1n) is 9.22. The highest BCUT2D eigenvalue weighted by Gasteiger charge is 2.44. The van der Waals surface area contributed by atoms with Crippen molar-refractivity contribution in [3.05, 3.63) is 53.9 Å². The SMILES string of the molecule is COc1cc(C=Cc2cccc[n+]2C)ccc1O[C@@H]1O[C@H](CO)[C@H](O)[C@H](O)[C@H]1O.[I-]. The van der Waals surface area contributed by atoms with E-state index < -0.39 is 37.3 Å². The number of hydrogen-bond acceptors (Lipinski definition) is 7. The number of aromatic nitrogens is 1. The van der Waals surface area contributed by atoms with Gasteiger partial charge in [-0.1, -0.05) is 6.07 Å². The summed E-state index contributed by atoms with van der Waals surface area (Å²) in [7, 11) is 3.44. The standard InChI is InChI=1S/C21H26NO7.HI/c1-22-10-4-3-5-14(22)8-6-13-7-9-15(16(11-13)27-2)28-21-20(26)19(25)18(24)17(12-23)29-21;/h3-11,17-21,23-26H,12H2,1-2H3;1H/q+1;/p-1/t17-,18+,19+,20-,21-;/m1./s1. The number of pyridine rings is 1. The second kappa shape index (κ2) is 11.0. The van der Waals surface area contributed by atoms with E-state index in [0.29, 0.717) is 11.5 Å². The van der Waals surface area contributed by atoms with Crippen molar-refractivity contribution < 1.29 is 63.2 Å². The lowest BCUT2D eigenvalue weighted by molar-refractivity contribution is -0.673. The first-order valence-corrected chi connectivity index (χ1v) is 9.22. The summed E-state index contributed by atoms with van der Waals surface area (Å²) >= 11 is 0. The average Bonchev–Trinajstić information content (AvgIpc) is 2.74. The Kier molecular flexibility index (Phi) is 9.01. The monoisotopic (exact) mass is 531 g/mol. The summed E-state index contributed by atoms with van der Waals surface area (Å²) in [6.45, 7) is -0.525. The lowest BCUT2D eigenvalue weighted by atomic mass is 9.99. The maximum absolute atomic E-state index is 10.1. The molecule has 0 bridgehead atoms. The van der Waals surface area contributed by atoms with Crippen LogP contribution in [0.25, 0.3) is 12.2 Å². The second-order valence-electron chi connectivity index (χ2n) is 6.80. The molecule has 0 amide bonds. The molecule has 1 aromatic heterocycles. The molecule has 3 rings (SSSR count). The van der Waals surface area contributed by atoms with Crippen LogP contribution in [0, 0.1) is 0 Å². The summed E-state index contributed by atoms with van der Waals surface area (Å²) in [5, 5.41) is 39.2. The molecule has 30 heavy (non-hydrogen) atoms. The van der Waals surface area contributed by atoms with Crippen molar-refractivity contribution in [2.75, 3.05) is 13.7 Å². The van der Waals surface area contributed by atoms with Crippen LogP contribution >= 0.6 is 0 Å². The lowest BCUT2D eigenvalue weighted by Crippen LogP contribution is -3.00. The van der Waals surface area contributed by atoms with Crippen molar-refractivity contribution in [3.63, 3.8) is 0 Å². The molecule has 0 spiro atoms. The van der Waals surface area contributed by atoms with Gasteiger partial charge in [0, 0.05) is 18.2 Å². The van der Waals surface area contributed by atoms with Gasteiger partial charge in [-0.25, -0.2) is 4.57 Å². The molecule has 2 heterocycles. The van der Waals surface area contributed by atoms with Crippen LogP contribution in [-0.4, -0.2) is 64.8 Å². The summed E-state index contributed by atoms with van der Waals surface area (Å²) in [4.78, 5) is 0. The molecular formula is C21H26INO7. The highest BCUT2D eigenvalue weighted by Crippen LogP contribution is 2.32. The predicted molar refractivity (Wildman–Crippen MR) is 104 cm³/mol. The first kappa shape index (κ1) is 24.5. The fourth-order valence-electron chi connectivity index (χ4n) is 3.07. The third-order valence-corrected chi connectivity index (χ3v) is 4.82. The van der Waals surface area contributed by atoms with Gasteiger partial charge in [0.25, 0.3) is 0 Å². The number of nitrogens with zero attached hydrogens (tertiary/aromatic N) is 1. The van der Waals surface area contributed by atoms with Gasteiger partial charge in [0.15, 0.2) is 17.7 Å². The van der Waals surface area contributed by atoms with Gasteiger partial charge in [0.1, 0.15) is 31.5 Å². The average molecular weight is 531 g/mol. The van der Waals surface area contributed by atoms with Gasteiger partial charge in [0.2, 0.25) is 12.0 Å². The zero-order chi connectivity index (χ0) is 21.0. The molecule has 0 radical (unpaired) electrons. The third kappa shape index (κ3) is 5.48. The zero-order valence-corrected chi connectivity index (χ0v) is 18.8. The highest BCUT2D eigenvalue weighted by molar-refractivity contribution is 5.68. The van der Waals surface area contributed by atoms with E-state index in [1.165, 1.54) is 7.11 Å². The topological polar surface area (TPSA) is 112 Å². The Hall–Kier alpha value is -1.76. The Balaban J connectivity index is 0.00000320. The van der Waals surface area contributed by atoms with Gasteiger partial charge < -0.3 is 58.6 Å². The minimum absolute atomic E-state index is 0. The number of methoxy groups -OCH3 is 1. The van der Waals surface area contributed by atoms with E-state index in [9.17, 15) is 20.4 Å². The van der Waals surface area contributed by atoms with Crippen molar-refractivity contribution in [2.24, 2.45) is 7.05 Å². The van der Waals surface area contributed by atoms with Crippen LogP contribution in [0.5, 0.6) is 11.5 Å². The van der Waals surface area contributed by atoms with Crippen LogP contribution in [0.3, 0.4) is 0 Å². The molecule has 1 aliphatic heterocycles. The van der Waals surface area contributed by atoms with Crippen LogP contribution in [0.2, 0.25) is 0 Å². The summed E-state index contributed by atoms with van der Waals surface area (Å²) in [6.07, 6.45) is -0.910. The fraction of sp³-hybridized carbons (Fsp3) is 0.381. The molecule has 2 aromatic rings. The smallest absolute Gasteiger partial charge is 0.229 e. The van der Waals surface area contributed by atoms with Crippen LogP contribution in [-0.2, 0) is 11.8 Å². The minimum Gasteiger partial charge on any atom is -1.00 e. The molecule has 0 unspecified atom stereocenters. The largest absolute Gasteiger partial charge is 1.00 e.